The molecule has 3 N–H and O–H groups in total. The van der Waals surface area contributed by atoms with E-state index in [-0.39, 0.29) is 11.7 Å². The van der Waals surface area contributed by atoms with E-state index in [1.165, 1.54) is 11.8 Å². The van der Waals surface area contributed by atoms with E-state index >= 15 is 0 Å². The molecule has 0 saturated heterocycles. The van der Waals surface area contributed by atoms with Gasteiger partial charge < -0.3 is 4.57 Å². The number of amides is 1. The number of carbonyl (C=O) groups is 1. The molecule has 8 nitrogen and oxygen atoms in total. The summed E-state index contributed by atoms with van der Waals surface area (Å²) in [7, 11) is 0. The lowest BCUT2D eigenvalue weighted by Gasteiger charge is -2.05. The Bertz CT molecular complexity index is 639. The highest BCUT2D eigenvalue weighted by Gasteiger charge is 2.19. The van der Waals surface area contributed by atoms with Gasteiger partial charge in [-0.3, -0.25) is 14.9 Å². The number of halogens is 1. The van der Waals surface area contributed by atoms with E-state index in [0.29, 0.717) is 17.5 Å². The van der Waals surface area contributed by atoms with Crippen molar-refractivity contribution in [1.29, 1.82) is 0 Å². The predicted molar refractivity (Wildman–Crippen MR) is 83.3 cm³/mol. The Kier molecular flexibility index (Phi) is 5.37. The van der Waals surface area contributed by atoms with Gasteiger partial charge in [0, 0.05) is 19.3 Å². The van der Waals surface area contributed by atoms with Crippen molar-refractivity contribution < 1.29 is 4.79 Å². The second kappa shape index (κ2) is 7.05. The van der Waals surface area contributed by atoms with Crippen molar-refractivity contribution >= 4 is 33.6 Å². The van der Waals surface area contributed by atoms with Gasteiger partial charge in [0.1, 0.15) is 5.69 Å². The van der Waals surface area contributed by atoms with Crippen LogP contribution in [0.1, 0.15) is 13.8 Å². The molecule has 0 atom stereocenters. The van der Waals surface area contributed by atoms with Gasteiger partial charge in [-0.2, -0.15) is 5.10 Å². The zero-order chi connectivity index (χ0) is 15.4. The summed E-state index contributed by atoms with van der Waals surface area (Å²) >= 11 is 4.77. The average molecular weight is 374 g/mol. The van der Waals surface area contributed by atoms with Crippen LogP contribution in [-0.2, 0) is 17.9 Å². The van der Waals surface area contributed by atoms with Crippen LogP contribution in [0.25, 0.3) is 11.5 Å². The van der Waals surface area contributed by atoms with E-state index in [1.807, 2.05) is 29.3 Å². The lowest BCUT2D eigenvalue weighted by Crippen LogP contribution is -2.31. The summed E-state index contributed by atoms with van der Waals surface area (Å²) in [5, 5.41) is 13.5. The molecule has 2 aromatic heterocycles. The maximum atomic E-state index is 11.2. The minimum atomic E-state index is -0.261. The van der Waals surface area contributed by atoms with Crippen molar-refractivity contribution in [3.8, 4) is 11.5 Å². The summed E-state index contributed by atoms with van der Waals surface area (Å²) in [5.74, 6) is 5.67. The topological polar surface area (TPSA) is 104 Å². The van der Waals surface area contributed by atoms with E-state index in [9.17, 15) is 4.79 Å². The largest absolute Gasteiger partial charge is 0.301 e. The van der Waals surface area contributed by atoms with E-state index in [0.717, 1.165) is 16.7 Å². The highest BCUT2D eigenvalue weighted by atomic mass is 79.9. The highest BCUT2D eigenvalue weighted by molar-refractivity contribution is 9.10. The number of hydrogen-bond acceptors (Lipinski definition) is 6. The summed E-state index contributed by atoms with van der Waals surface area (Å²) in [6.07, 6.45) is 1.90. The molecular weight excluding hydrogens is 358 g/mol. The van der Waals surface area contributed by atoms with Crippen molar-refractivity contribution in [2.75, 3.05) is 5.75 Å². The minimum Gasteiger partial charge on any atom is -0.301 e. The molecule has 2 heterocycles. The van der Waals surface area contributed by atoms with E-state index < -0.39 is 0 Å². The highest BCUT2D eigenvalue weighted by Crippen LogP contribution is 2.28. The molecule has 0 aromatic carbocycles. The first-order chi connectivity index (χ1) is 10.1. The van der Waals surface area contributed by atoms with Crippen LogP contribution in [0.2, 0.25) is 0 Å². The normalized spacial score (nSPS) is 10.9. The summed E-state index contributed by atoms with van der Waals surface area (Å²) in [6.45, 7) is 5.46. The fraction of sp³-hybridized carbons (Fsp3) is 0.455. The molecule has 0 fully saturated rings. The predicted octanol–water partition coefficient (Wildman–Crippen LogP) is 1.03. The third kappa shape index (κ3) is 3.44. The number of rotatable bonds is 6. The van der Waals surface area contributed by atoms with Gasteiger partial charge in [0.25, 0.3) is 0 Å². The van der Waals surface area contributed by atoms with Gasteiger partial charge >= 0.3 is 0 Å². The van der Waals surface area contributed by atoms with Gasteiger partial charge in [-0.1, -0.05) is 11.8 Å². The van der Waals surface area contributed by atoms with Crippen LogP contribution in [0.15, 0.2) is 15.8 Å². The Morgan fingerprint density at radius 2 is 2.19 bits per heavy atom. The molecule has 10 heteroatoms. The second-order valence-corrected chi connectivity index (χ2v) is 5.88. The van der Waals surface area contributed by atoms with Crippen molar-refractivity contribution in [2.24, 2.45) is 5.84 Å². The van der Waals surface area contributed by atoms with Gasteiger partial charge in [-0.25, -0.2) is 5.84 Å². The fourth-order valence-corrected chi connectivity index (χ4v) is 3.04. The number of hydrogen-bond donors (Lipinski definition) is 2. The molecule has 0 radical (unpaired) electrons. The molecule has 1 amide bonds. The Labute approximate surface area is 134 Å². The molecule has 114 valence electrons. The van der Waals surface area contributed by atoms with Gasteiger partial charge in [-0.05, 0) is 29.8 Å². The summed E-state index contributed by atoms with van der Waals surface area (Å²) in [6, 6.07) is 0. The Morgan fingerprint density at radius 1 is 1.43 bits per heavy atom. The lowest BCUT2D eigenvalue weighted by molar-refractivity contribution is -0.118. The first-order valence-corrected chi connectivity index (χ1v) is 8.17. The quantitative estimate of drug-likeness (QED) is 0.339. The third-order valence-electron chi connectivity index (χ3n) is 2.78. The Hall–Kier alpha value is -1.39. The van der Waals surface area contributed by atoms with Crippen LogP contribution in [0.5, 0.6) is 0 Å². The van der Waals surface area contributed by atoms with E-state index in [2.05, 4.69) is 36.7 Å². The number of thioether (sulfide) groups is 1. The van der Waals surface area contributed by atoms with Crippen molar-refractivity contribution in [2.45, 2.75) is 32.1 Å². The maximum absolute atomic E-state index is 11.2. The fourth-order valence-electron chi connectivity index (χ4n) is 1.74. The molecule has 0 aliphatic rings. The standard InChI is InChI=1S/C11H16BrN7OS/c1-3-18-5-7(12)9(17-18)10-15-16-11(19(10)4-2)21-6-8(20)14-13/h5H,3-4,6,13H2,1-2H3,(H,14,20). The summed E-state index contributed by atoms with van der Waals surface area (Å²) in [5.41, 5.74) is 2.83. The summed E-state index contributed by atoms with van der Waals surface area (Å²) in [4.78, 5) is 11.2. The molecule has 0 aliphatic heterocycles. The zero-order valence-corrected chi connectivity index (χ0v) is 14.1. The second-order valence-electron chi connectivity index (χ2n) is 4.09. The number of aromatic nitrogens is 5. The van der Waals surface area contributed by atoms with Crippen LogP contribution in [0, 0.1) is 0 Å². The third-order valence-corrected chi connectivity index (χ3v) is 4.33. The average Bonchev–Trinajstić information content (AvgIpc) is 3.06. The molecular formula is C11H16BrN7OS. The number of hydrazine groups is 1. The molecule has 0 saturated carbocycles. The number of nitrogens with one attached hydrogen (secondary N) is 1. The van der Waals surface area contributed by atoms with E-state index in [4.69, 9.17) is 5.84 Å². The van der Waals surface area contributed by atoms with Crippen molar-refractivity contribution in [3.05, 3.63) is 10.7 Å². The van der Waals surface area contributed by atoms with Crippen molar-refractivity contribution in [3.63, 3.8) is 0 Å². The molecule has 0 aliphatic carbocycles. The van der Waals surface area contributed by atoms with Crippen LogP contribution < -0.4 is 11.3 Å². The molecule has 0 spiro atoms. The Balaban J connectivity index is 2.30. The van der Waals surface area contributed by atoms with Crippen LogP contribution in [0.4, 0.5) is 0 Å². The molecule has 2 aromatic rings. The SMILES string of the molecule is CCn1cc(Br)c(-c2nnc(SCC(=O)NN)n2CC)n1. The minimum absolute atomic E-state index is 0.194. The van der Waals surface area contributed by atoms with Crippen LogP contribution >= 0.6 is 27.7 Å². The first-order valence-electron chi connectivity index (χ1n) is 6.39. The Morgan fingerprint density at radius 3 is 2.76 bits per heavy atom. The van der Waals surface area contributed by atoms with Gasteiger partial charge in [-0.15, -0.1) is 10.2 Å². The molecule has 0 bridgehead atoms. The van der Waals surface area contributed by atoms with Crippen LogP contribution in [-0.4, -0.2) is 36.2 Å². The zero-order valence-electron chi connectivity index (χ0n) is 11.7. The number of carbonyl (C=O) groups excluding carboxylic acids is 1. The first kappa shape index (κ1) is 16.0. The van der Waals surface area contributed by atoms with Crippen molar-refractivity contribution in [1.82, 2.24) is 30.0 Å². The van der Waals surface area contributed by atoms with Gasteiger partial charge in [0.15, 0.2) is 11.0 Å². The molecule has 0 unspecified atom stereocenters. The monoisotopic (exact) mass is 373 g/mol. The maximum Gasteiger partial charge on any atom is 0.244 e. The smallest absolute Gasteiger partial charge is 0.244 e. The lowest BCUT2D eigenvalue weighted by atomic mass is 10.4. The van der Waals surface area contributed by atoms with Crippen LogP contribution in [0.3, 0.4) is 0 Å². The molecule has 2 rings (SSSR count). The summed E-state index contributed by atoms with van der Waals surface area (Å²) < 4.78 is 4.60. The molecule has 21 heavy (non-hydrogen) atoms. The van der Waals surface area contributed by atoms with E-state index in [1.54, 1.807) is 0 Å². The van der Waals surface area contributed by atoms with Gasteiger partial charge in [0.05, 0.1) is 10.2 Å². The number of aryl methyl sites for hydroxylation is 1. The number of nitrogens with zero attached hydrogens (tertiary/aromatic N) is 5. The van der Waals surface area contributed by atoms with Gasteiger partial charge in [0.2, 0.25) is 5.91 Å². The number of nitrogens with two attached hydrogens (primary N) is 1.